The Morgan fingerprint density at radius 1 is 1.32 bits per heavy atom. The smallest absolute Gasteiger partial charge is 0.249 e. The van der Waals surface area contributed by atoms with Gasteiger partial charge in [-0.15, -0.1) is 0 Å². The normalized spacial score (nSPS) is 23.5. The summed E-state index contributed by atoms with van der Waals surface area (Å²) in [4.78, 5) is 13.3. The molecule has 1 fully saturated rings. The Kier molecular flexibility index (Phi) is 5.02. The lowest BCUT2D eigenvalue weighted by molar-refractivity contribution is -0.125. The number of carbonyl (C=O) groups is 1. The molecule has 6 heteroatoms. The van der Waals surface area contributed by atoms with Crippen LogP contribution in [-0.4, -0.2) is 28.8 Å². The van der Waals surface area contributed by atoms with E-state index < -0.39 is 5.54 Å². The number of aromatic nitrogens is 1. The molecule has 2 heterocycles. The lowest BCUT2D eigenvalue weighted by atomic mass is 9.70. The SMILES string of the molecule is Cc1noc(C)c1-c1ccc2c(c1)C(N[C@H](C)CO)(C1CCCCC1)C(=O)N2. The van der Waals surface area contributed by atoms with Crippen molar-refractivity contribution in [3.05, 3.63) is 35.2 Å². The summed E-state index contributed by atoms with van der Waals surface area (Å²) in [6.07, 6.45) is 5.50. The first-order valence-electron chi connectivity index (χ1n) is 10.2. The first kappa shape index (κ1) is 19.2. The summed E-state index contributed by atoms with van der Waals surface area (Å²) in [5.41, 5.74) is 3.84. The van der Waals surface area contributed by atoms with Gasteiger partial charge in [0.25, 0.3) is 0 Å². The van der Waals surface area contributed by atoms with Gasteiger partial charge in [0.1, 0.15) is 11.3 Å². The summed E-state index contributed by atoms with van der Waals surface area (Å²) >= 11 is 0. The topological polar surface area (TPSA) is 87.4 Å². The average Bonchev–Trinajstić information content (AvgIpc) is 3.18. The second kappa shape index (κ2) is 7.33. The molecule has 28 heavy (non-hydrogen) atoms. The Bertz CT molecular complexity index is 866. The van der Waals surface area contributed by atoms with Gasteiger partial charge < -0.3 is 14.9 Å². The highest BCUT2D eigenvalue weighted by molar-refractivity contribution is 6.06. The van der Waals surface area contributed by atoms with Crippen molar-refractivity contribution >= 4 is 11.6 Å². The number of benzene rings is 1. The van der Waals surface area contributed by atoms with Crippen molar-refractivity contribution in [1.29, 1.82) is 0 Å². The predicted molar refractivity (Wildman–Crippen MR) is 108 cm³/mol. The van der Waals surface area contributed by atoms with Crippen LogP contribution in [0.3, 0.4) is 0 Å². The molecule has 0 spiro atoms. The fourth-order valence-electron chi connectivity index (χ4n) is 5.01. The lowest BCUT2D eigenvalue weighted by Crippen LogP contribution is -2.57. The van der Waals surface area contributed by atoms with Gasteiger partial charge >= 0.3 is 0 Å². The van der Waals surface area contributed by atoms with Crippen molar-refractivity contribution in [2.75, 3.05) is 11.9 Å². The molecular weight excluding hydrogens is 354 g/mol. The van der Waals surface area contributed by atoms with E-state index in [2.05, 4.69) is 21.9 Å². The number of fused-ring (bicyclic) bond motifs is 1. The molecule has 1 amide bonds. The maximum Gasteiger partial charge on any atom is 0.249 e. The van der Waals surface area contributed by atoms with Gasteiger partial charge in [-0.05, 0) is 57.2 Å². The zero-order valence-corrected chi connectivity index (χ0v) is 16.8. The molecular formula is C22H29N3O3. The minimum atomic E-state index is -0.813. The van der Waals surface area contributed by atoms with Crippen LogP contribution in [0.4, 0.5) is 5.69 Å². The number of hydrogen-bond acceptors (Lipinski definition) is 5. The fraction of sp³-hybridized carbons (Fsp3) is 0.545. The first-order valence-corrected chi connectivity index (χ1v) is 10.2. The van der Waals surface area contributed by atoms with Gasteiger partial charge in [-0.2, -0.15) is 0 Å². The first-order chi connectivity index (χ1) is 13.5. The summed E-state index contributed by atoms with van der Waals surface area (Å²) in [6.45, 7) is 5.75. The Balaban J connectivity index is 1.86. The molecule has 1 aromatic carbocycles. The number of aliphatic hydroxyl groups excluding tert-OH is 1. The Morgan fingerprint density at radius 3 is 2.71 bits per heavy atom. The molecule has 150 valence electrons. The molecule has 2 aliphatic rings. The standard InChI is InChI=1S/C22H29N3O3/c1-13(12-26)24-22(17-7-5-4-6-8-17)18-11-16(9-10-19(18)23-21(22)27)20-14(2)25-28-15(20)3/h9-11,13,17,24,26H,4-8,12H2,1-3H3,(H,23,27)/t13-,22?/m1/s1. The predicted octanol–water partition coefficient (Wildman–Crippen LogP) is 3.66. The van der Waals surface area contributed by atoms with Crippen molar-refractivity contribution in [1.82, 2.24) is 10.5 Å². The number of hydrogen-bond donors (Lipinski definition) is 3. The molecule has 1 saturated carbocycles. The maximum absolute atomic E-state index is 13.3. The van der Waals surface area contributed by atoms with Crippen molar-refractivity contribution in [2.45, 2.75) is 64.5 Å². The zero-order chi connectivity index (χ0) is 19.9. The average molecular weight is 383 g/mol. The number of carbonyl (C=O) groups excluding carboxylic acids is 1. The Morgan fingerprint density at radius 2 is 2.07 bits per heavy atom. The van der Waals surface area contributed by atoms with E-state index in [9.17, 15) is 9.90 Å². The van der Waals surface area contributed by atoms with Crippen LogP contribution < -0.4 is 10.6 Å². The van der Waals surface area contributed by atoms with E-state index in [1.165, 1.54) is 6.42 Å². The van der Waals surface area contributed by atoms with Crippen molar-refractivity contribution < 1.29 is 14.4 Å². The van der Waals surface area contributed by atoms with Gasteiger partial charge in [0, 0.05) is 22.9 Å². The summed E-state index contributed by atoms with van der Waals surface area (Å²) in [5.74, 6) is 0.969. The minimum absolute atomic E-state index is 0.00869. The van der Waals surface area contributed by atoms with Crippen LogP contribution in [0.2, 0.25) is 0 Å². The molecule has 1 aliphatic carbocycles. The van der Waals surface area contributed by atoms with Crippen LogP contribution in [0, 0.1) is 19.8 Å². The van der Waals surface area contributed by atoms with Crippen LogP contribution in [-0.2, 0) is 10.3 Å². The third-order valence-corrected chi connectivity index (χ3v) is 6.34. The summed E-state index contributed by atoms with van der Waals surface area (Å²) in [7, 11) is 0. The van der Waals surface area contributed by atoms with E-state index in [4.69, 9.17) is 4.52 Å². The summed E-state index contributed by atoms with van der Waals surface area (Å²) in [5, 5.41) is 20.4. The zero-order valence-electron chi connectivity index (χ0n) is 16.8. The van der Waals surface area contributed by atoms with E-state index >= 15 is 0 Å². The van der Waals surface area contributed by atoms with Crippen molar-refractivity contribution in [3.63, 3.8) is 0 Å². The number of anilines is 1. The number of aliphatic hydroxyl groups is 1. The van der Waals surface area contributed by atoms with E-state index in [1.807, 2.05) is 32.9 Å². The quantitative estimate of drug-likeness (QED) is 0.733. The Hall–Kier alpha value is -2.18. The monoisotopic (exact) mass is 383 g/mol. The van der Waals surface area contributed by atoms with Gasteiger partial charge in [0.2, 0.25) is 5.91 Å². The maximum atomic E-state index is 13.3. The van der Waals surface area contributed by atoms with Gasteiger partial charge in [-0.25, -0.2) is 0 Å². The highest BCUT2D eigenvalue weighted by Gasteiger charge is 2.52. The molecule has 1 aliphatic heterocycles. The molecule has 0 bridgehead atoms. The molecule has 2 aromatic rings. The van der Waals surface area contributed by atoms with Crippen molar-refractivity contribution in [3.8, 4) is 11.1 Å². The van der Waals surface area contributed by atoms with Crippen LogP contribution in [0.15, 0.2) is 22.7 Å². The van der Waals surface area contributed by atoms with Gasteiger partial charge in [-0.3, -0.25) is 10.1 Å². The van der Waals surface area contributed by atoms with Crippen LogP contribution in [0.25, 0.3) is 11.1 Å². The number of amides is 1. The molecule has 3 N–H and O–H groups in total. The number of nitrogens with one attached hydrogen (secondary N) is 2. The van der Waals surface area contributed by atoms with Crippen LogP contribution in [0.1, 0.15) is 56.0 Å². The van der Waals surface area contributed by atoms with Gasteiger partial charge in [0.05, 0.1) is 12.3 Å². The van der Waals surface area contributed by atoms with E-state index in [-0.39, 0.29) is 24.5 Å². The third-order valence-electron chi connectivity index (χ3n) is 6.34. The fourth-order valence-corrected chi connectivity index (χ4v) is 5.01. The second-order valence-electron chi connectivity index (χ2n) is 8.28. The number of rotatable bonds is 5. The van der Waals surface area contributed by atoms with Gasteiger partial charge in [0.15, 0.2) is 0 Å². The number of aryl methyl sites for hydroxylation is 2. The molecule has 2 atom stereocenters. The largest absolute Gasteiger partial charge is 0.395 e. The molecule has 1 aromatic heterocycles. The van der Waals surface area contributed by atoms with Gasteiger partial charge in [-0.1, -0.05) is 30.5 Å². The van der Waals surface area contributed by atoms with Crippen molar-refractivity contribution in [2.24, 2.45) is 5.92 Å². The Labute approximate surface area is 165 Å². The molecule has 0 radical (unpaired) electrons. The van der Waals surface area contributed by atoms with Crippen LogP contribution in [0.5, 0.6) is 0 Å². The minimum Gasteiger partial charge on any atom is -0.395 e. The lowest BCUT2D eigenvalue weighted by Gasteiger charge is -2.40. The summed E-state index contributed by atoms with van der Waals surface area (Å²) in [6, 6.07) is 5.91. The summed E-state index contributed by atoms with van der Waals surface area (Å²) < 4.78 is 5.36. The van der Waals surface area contributed by atoms with E-state index in [1.54, 1.807) is 0 Å². The van der Waals surface area contributed by atoms with E-state index in [0.29, 0.717) is 0 Å². The van der Waals surface area contributed by atoms with E-state index in [0.717, 1.165) is 59.5 Å². The molecule has 0 saturated heterocycles. The molecule has 1 unspecified atom stereocenters. The number of nitrogens with zero attached hydrogens (tertiary/aromatic N) is 1. The highest BCUT2D eigenvalue weighted by Crippen LogP contribution is 2.48. The third kappa shape index (κ3) is 2.95. The highest BCUT2D eigenvalue weighted by atomic mass is 16.5. The second-order valence-corrected chi connectivity index (χ2v) is 8.28. The van der Waals surface area contributed by atoms with Crippen LogP contribution >= 0.6 is 0 Å². The molecule has 4 rings (SSSR count). The molecule has 6 nitrogen and oxygen atoms in total.